The van der Waals surface area contributed by atoms with Crippen molar-refractivity contribution in [1.82, 2.24) is 0 Å². The Kier molecular flexibility index (Phi) is 4.98. The fraction of sp³-hybridized carbons (Fsp3) is 1.00. The van der Waals surface area contributed by atoms with Gasteiger partial charge < -0.3 is 0 Å². The molecule has 0 aromatic rings. The van der Waals surface area contributed by atoms with Gasteiger partial charge in [0.2, 0.25) is 0 Å². The van der Waals surface area contributed by atoms with Crippen molar-refractivity contribution in [3.63, 3.8) is 0 Å². The Labute approximate surface area is 90.5 Å². The summed E-state index contributed by atoms with van der Waals surface area (Å²) in [5.74, 6) is 4.03. The van der Waals surface area contributed by atoms with E-state index in [1.54, 1.807) is 0 Å². The van der Waals surface area contributed by atoms with E-state index < -0.39 is 0 Å². The van der Waals surface area contributed by atoms with Crippen LogP contribution in [0.15, 0.2) is 0 Å². The molecule has 0 spiro atoms. The summed E-state index contributed by atoms with van der Waals surface area (Å²) in [6.45, 7) is 9.61. The van der Waals surface area contributed by atoms with Crippen molar-refractivity contribution in [2.24, 2.45) is 23.7 Å². The van der Waals surface area contributed by atoms with Crippen molar-refractivity contribution in [3.05, 3.63) is 0 Å². The van der Waals surface area contributed by atoms with Crippen LogP contribution >= 0.6 is 0 Å². The van der Waals surface area contributed by atoms with Crippen LogP contribution in [0.25, 0.3) is 0 Å². The minimum atomic E-state index is 0.959. The normalized spacial score (nSPS) is 31.7. The highest BCUT2D eigenvalue weighted by atomic mass is 14.4. The molecule has 14 heavy (non-hydrogen) atoms. The van der Waals surface area contributed by atoms with Crippen molar-refractivity contribution < 1.29 is 0 Å². The van der Waals surface area contributed by atoms with Crippen LogP contribution in [0.5, 0.6) is 0 Å². The molecule has 0 heterocycles. The van der Waals surface area contributed by atoms with Crippen LogP contribution in [0.2, 0.25) is 0 Å². The highest BCUT2D eigenvalue weighted by Crippen LogP contribution is 2.40. The SMILES string of the molecule is CCCC(C)C(CC)C1CCC(C)C1. The summed E-state index contributed by atoms with van der Waals surface area (Å²) in [5.41, 5.74) is 0. The zero-order valence-corrected chi connectivity index (χ0v) is 10.6. The molecular formula is C14H28. The lowest BCUT2D eigenvalue weighted by Crippen LogP contribution is -2.19. The molecule has 1 rings (SSSR count). The average Bonchev–Trinajstić information content (AvgIpc) is 2.54. The van der Waals surface area contributed by atoms with E-state index >= 15 is 0 Å². The first-order valence-corrected chi connectivity index (χ1v) is 6.69. The van der Waals surface area contributed by atoms with Crippen LogP contribution in [0.3, 0.4) is 0 Å². The lowest BCUT2D eigenvalue weighted by molar-refractivity contribution is 0.219. The van der Waals surface area contributed by atoms with Gasteiger partial charge in [0.25, 0.3) is 0 Å². The fourth-order valence-corrected chi connectivity index (χ4v) is 3.51. The first-order valence-electron chi connectivity index (χ1n) is 6.69. The van der Waals surface area contributed by atoms with Gasteiger partial charge in [0.05, 0.1) is 0 Å². The zero-order chi connectivity index (χ0) is 10.6. The number of hydrogen-bond acceptors (Lipinski definition) is 0. The summed E-state index contributed by atoms with van der Waals surface area (Å²) in [4.78, 5) is 0. The maximum Gasteiger partial charge on any atom is -0.0363 e. The van der Waals surface area contributed by atoms with Gasteiger partial charge in [0.1, 0.15) is 0 Å². The van der Waals surface area contributed by atoms with Crippen molar-refractivity contribution in [3.8, 4) is 0 Å². The van der Waals surface area contributed by atoms with Gasteiger partial charge in [-0.05, 0) is 36.5 Å². The zero-order valence-electron chi connectivity index (χ0n) is 10.6. The lowest BCUT2D eigenvalue weighted by Gasteiger charge is -2.28. The Bertz CT molecular complexity index is 150. The van der Waals surface area contributed by atoms with Crippen LogP contribution in [0.1, 0.15) is 66.2 Å². The summed E-state index contributed by atoms with van der Waals surface area (Å²) in [6.07, 6.45) is 8.70. The van der Waals surface area contributed by atoms with Crippen LogP contribution in [0, 0.1) is 23.7 Å². The highest BCUT2D eigenvalue weighted by molar-refractivity contribution is 4.80. The van der Waals surface area contributed by atoms with Crippen LogP contribution in [-0.2, 0) is 0 Å². The molecule has 4 unspecified atom stereocenters. The van der Waals surface area contributed by atoms with Gasteiger partial charge in [-0.1, -0.05) is 53.4 Å². The third-order valence-corrected chi connectivity index (χ3v) is 4.29. The molecule has 84 valence electrons. The smallest absolute Gasteiger partial charge is 0.0363 e. The molecule has 0 nitrogen and oxygen atoms in total. The molecule has 1 fully saturated rings. The van der Waals surface area contributed by atoms with Gasteiger partial charge in [-0.2, -0.15) is 0 Å². The summed E-state index contributed by atoms with van der Waals surface area (Å²) in [7, 11) is 0. The first-order chi connectivity index (χ1) is 6.69. The van der Waals surface area contributed by atoms with E-state index in [-0.39, 0.29) is 0 Å². The van der Waals surface area contributed by atoms with E-state index in [0.717, 1.165) is 23.7 Å². The number of hydrogen-bond donors (Lipinski definition) is 0. The topological polar surface area (TPSA) is 0 Å². The Morgan fingerprint density at radius 1 is 1.21 bits per heavy atom. The van der Waals surface area contributed by atoms with E-state index in [0.29, 0.717) is 0 Å². The van der Waals surface area contributed by atoms with Gasteiger partial charge in [0, 0.05) is 0 Å². The van der Waals surface area contributed by atoms with E-state index in [1.165, 1.54) is 38.5 Å². The second-order valence-electron chi connectivity index (χ2n) is 5.52. The van der Waals surface area contributed by atoms with Gasteiger partial charge in [-0.25, -0.2) is 0 Å². The van der Waals surface area contributed by atoms with Gasteiger partial charge in [-0.3, -0.25) is 0 Å². The fourth-order valence-electron chi connectivity index (χ4n) is 3.51. The Morgan fingerprint density at radius 2 is 1.93 bits per heavy atom. The van der Waals surface area contributed by atoms with Crippen molar-refractivity contribution in [2.45, 2.75) is 66.2 Å². The molecule has 1 saturated carbocycles. The second kappa shape index (κ2) is 5.78. The molecule has 0 N–H and O–H groups in total. The maximum absolute atomic E-state index is 2.47. The molecule has 0 amide bonds. The minimum absolute atomic E-state index is 0.959. The molecule has 0 aromatic heterocycles. The summed E-state index contributed by atoms with van der Waals surface area (Å²) in [6, 6.07) is 0. The summed E-state index contributed by atoms with van der Waals surface area (Å²) < 4.78 is 0. The van der Waals surface area contributed by atoms with Crippen LogP contribution < -0.4 is 0 Å². The Balaban J connectivity index is 2.44. The molecule has 1 aliphatic carbocycles. The maximum atomic E-state index is 2.47. The van der Waals surface area contributed by atoms with Crippen LogP contribution in [0.4, 0.5) is 0 Å². The standard InChI is InChI=1S/C14H28/c1-5-7-12(4)14(6-2)13-9-8-11(3)10-13/h11-14H,5-10H2,1-4H3. The molecule has 0 heteroatoms. The predicted octanol–water partition coefficient (Wildman–Crippen LogP) is 4.89. The van der Waals surface area contributed by atoms with Crippen molar-refractivity contribution in [1.29, 1.82) is 0 Å². The third-order valence-electron chi connectivity index (χ3n) is 4.29. The lowest BCUT2D eigenvalue weighted by atomic mass is 9.77. The average molecular weight is 196 g/mol. The van der Waals surface area contributed by atoms with Crippen molar-refractivity contribution in [2.75, 3.05) is 0 Å². The van der Waals surface area contributed by atoms with E-state index in [4.69, 9.17) is 0 Å². The predicted molar refractivity (Wildman–Crippen MR) is 64.4 cm³/mol. The summed E-state index contributed by atoms with van der Waals surface area (Å²) in [5, 5.41) is 0. The highest BCUT2D eigenvalue weighted by Gasteiger charge is 2.30. The van der Waals surface area contributed by atoms with E-state index in [9.17, 15) is 0 Å². The largest absolute Gasteiger partial charge is 0.0654 e. The Morgan fingerprint density at radius 3 is 2.36 bits per heavy atom. The molecule has 0 aliphatic heterocycles. The monoisotopic (exact) mass is 196 g/mol. The third kappa shape index (κ3) is 3.00. The molecule has 0 aromatic carbocycles. The van der Waals surface area contributed by atoms with Gasteiger partial charge in [0.15, 0.2) is 0 Å². The van der Waals surface area contributed by atoms with Gasteiger partial charge in [-0.15, -0.1) is 0 Å². The molecule has 4 atom stereocenters. The second-order valence-corrected chi connectivity index (χ2v) is 5.52. The van der Waals surface area contributed by atoms with Crippen molar-refractivity contribution >= 4 is 0 Å². The molecule has 0 saturated heterocycles. The number of rotatable bonds is 5. The molecular weight excluding hydrogens is 168 g/mol. The minimum Gasteiger partial charge on any atom is -0.0654 e. The molecule has 0 radical (unpaired) electrons. The van der Waals surface area contributed by atoms with Crippen LogP contribution in [-0.4, -0.2) is 0 Å². The quantitative estimate of drug-likeness (QED) is 0.587. The first kappa shape index (κ1) is 12.1. The van der Waals surface area contributed by atoms with E-state index in [2.05, 4.69) is 27.7 Å². The molecule has 1 aliphatic rings. The summed E-state index contributed by atoms with van der Waals surface area (Å²) >= 11 is 0. The molecule has 0 bridgehead atoms. The van der Waals surface area contributed by atoms with E-state index in [1.807, 2.05) is 0 Å². The Hall–Kier alpha value is 0. The van der Waals surface area contributed by atoms with Gasteiger partial charge >= 0.3 is 0 Å².